The lowest BCUT2D eigenvalue weighted by Gasteiger charge is -2.21. The number of esters is 1. The molecule has 0 saturated carbocycles. The monoisotopic (exact) mass is 409 g/mol. The first kappa shape index (κ1) is 27.9. The zero-order chi connectivity index (χ0) is 21.4. The third-order valence-electron chi connectivity index (χ3n) is 5.06. The Morgan fingerprint density at radius 2 is 1.34 bits per heavy atom. The molecule has 0 aliphatic carbocycles. The molecule has 0 amide bonds. The molecular formula is C25H47NO3. The molecule has 0 radical (unpaired) electrons. The predicted molar refractivity (Wildman–Crippen MR) is 123 cm³/mol. The normalized spacial score (nSPS) is 10.8. The van der Waals surface area contributed by atoms with Crippen LogP contribution in [0.2, 0.25) is 0 Å². The molecule has 29 heavy (non-hydrogen) atoms. The van der Waals surface area contributed by atoms with E-state index in [2.05, 4.69) is 30.6 Å². The van der Waals surface area contributed by atoms with Gasteiger partial charge >= 0.3 is 5.97 Å². The van der Waals surface area contributed by atoms with Gasteiger partial charge in [-0.1, -0.05) is 52.4 Å². The highest BCUT2D eigenvalue weighted by Gasteiger charge is 2.07. The van der Waals surface area contributed by atoms with Crippen molar-refractivity contribution in [1.29, 1.82) is 0 Å². The highest BCUT2D eigenvalue weighted by molar-refractivity contribution is 5.69. The molecule has 0 aromatic rings. The van der Waals surface area contributed by atoms with E-state index in [-0.39, 0.29) is 12.6 Å². The van der Waals surface area contributed by atoms with Gasteiger partial charge in [-0.15, -0.1) is 11.8 Å². The van der Waals surface area contributed by atoms with Crippen molar-refractivity contribution < 1.29 is 14.6 Å². The molecule has 1 N–H and O–H groups in total. The van der Waals surface area contributed by atoms with Crippen molar-refractivity contribution in [2.75, 3.05) is 32.8 Å². The summed E-state index contributed by atoms with van der Waals surface area (Å²) >= 11 is 0. The molecule has 0 aliphatic rings. The summed E-state index contributed by atoms with van der Waals surface area (Å²) in [7, 11) is 0. The SMILES string of the molecule is CCCCC#CCCCOC(=O)CCCCN(CCCO)CCCCCCCC. The van der Waals surface area contributed by atoms with Crippen LogP contribution in [0.5, 0.6) is 0 Å². The fourth-order valence-corrected chi connectivity index (χ4v) is 3.21. The fraction of sp³-hybridized carbons (Fsp3) is 0.880. The van der Waals surface area contributed by atoms with Crippen LogP contribution in [0.4, 0.5) is 0 Å². The van der Waals surface area contributed by atoms with E-state index in [0.29, 0.717) is 13.0 Å². The van der Waals surface area contributed by atoms with Crippen LogP contribution in [0.15, 0.2) is 0 Å². The average Bonchev–Trinajstić information content (AvgIpc) is 2.73. The van der Waals surface area contributed by atoms with E-state index in [9.17, 15) is 4.79 Å². The van der Waals surface area contributed by atoms with E-state index < -0.39 is 0 Å². The lowest BCUT2D eigenvalue weighted by atomic mass is 10.1. The van der Waals surface area contributed by atoms with E-state index in [0.717, 1.165) is 58.2 Å². The Kier molecular flexibility index (Phi) is 22.4. The average molecular weight is 410 g/mol. The highest BCUT2D eigenvalue weighted by Crippen LogP contribution is 2.08. The van der Waals surface area contributed by atoms with Crippen LogP contribution in [-0.2, 0) is 9.53 Å². The zero-order valence-corrected chi connectivity index (χ0v) is 19.4. The summed E-state index contributed by atoms with van der Waals surface area (Å²) in [5.41, 5.74) is 0. The number of hydrogen-bond donors (Lipinski definition) is 1. The number of rotatable bonds is 20. The largest absolute Gasteiger partial charge is 0.466 e. The summed E-state index contributed by atoms with van der Waals surface area (Å²) in [6, 6.07) is 0. The van der Waals surface area contributed by atoms with Gasteiger partial charge in [0.1, 0.15) is 0 Å². The number of aliphatic hydroxyl groups is 1. The van der Waals surface area contributed by atoms with Gasteiger partial charge < -0.3 is 14.7 Å². The number of ether oxygens (including phenoxy) is 1. The molecule has 170 valence electrons. The first-order chi connectivity index (χ1) is 14.2. The van der Waals surface area contributed by atoms with Gasteiger partial charge in [0.15, 0.2) is 0 Å². The summed E-state index contributed by atoms with van der Waals surface area (Å²) < 4.78 is 5.30. The molecule has 0 atom stereocenters. The summed E-state index contributed by atoms with van der Waals surface area (Å²) in [4.78, 5) is 14.3. The standard InChI is InChI=1S/C25H47NO3/c1-3-5-7-9-11-13-17-24-29-25(28)19-14-16-21-26(22-18-23-27)20-15-12-10-8-6-4-2/h27H,3-8,10,12-24H2,1-2H3. The van der Waals surface area contributed by atoms with Crippen LogP contribution in [0.1, 0.15) is 110 Å². The van der Waals surface area contributed by atoms with Crippen LogP contribution < -0.4 is 0 Å². The third kappa shape index (κ3) is 21.5. The van der Waals surface area contributed by atoms with Gasteiger partial charge in [0, 0.05) is 32.4 Å². The molecule has 0 fully saturated rings. The lowest BCUT2D eigenvalue weighted by molar-refractivity contribution is -0.143. The Morgan fingerprint density at radius 3 is 2.03 bits per heavy atom. The Labute approximate surface area is 180 Å². The highest BCUT2D eigenvalue weighted by atomic mass is 16.5. The maximum atomic E-state index is 11.8. The van der Waals surface area contributed by atoms with Gasteiger partial charge in [0.2, 0.25) is 0 Å². The Balaban J connectivity index is 3.71. The van der Waals surface area contributed by atoms with E-state index in [1.54, 1.807) is 0 Å². The van der Waals surface area contributed by atoms with Crippen molar-refractivity contribution >= 4 is 5.97 Å². The summed E-state index contributed by atoms with van der Waals surface area (Å²) in [5.74, 6) is 6.22. The summed E-state index contributed by atoms with van der Waals surface area (Å²) in [6.07, 6.45) is 16.0. The van der Waals surface area contributed by atoms with Crippen molar-refractivity contribution in [2.45, 2.75) is 110 Å². The first-order valence-corrected chi connectivity index (χ1v) is 12.2. The maximum Gasteiger partial charge on any atom is 0.305 e. The zero-order valence-electron chi connectivity index (χ0n) is 19.4. The minimum Gasteiger partial charge on any atom is -0.466 e. The molecule has 0 saturated heterocycles. The number of unbranched alkanes of at least 4 members (excludes halogenated alkanes) is 9. The molecule has 0 aromatic carbocycles. The van der Waals surface area contributed by atoms with Crippen molar-refractivity contribution in [3.63, 3.8) is 0 Å². The Bertz CT molecular complexity index is 414. The first-order valence-electron chi connectivity index (χ1n) is 12.2. The van der Waals surface area contributed by atoms with Gasteiger partial charge in [-0.25, -0.2) is 0 Å². The van der Waals surface area contributed by atoms with Crippen LogP contribution in [-0.4, -0.2) is 48.8 Å². The van der Waals surface area contributed by atoms with Gasteiger partial charge in [0.05, 0.1) is 6.61 Å². The molecule has 4 nitrogen and oxygen atoms in total. The second-order valence-corrected chi connectivity index (χ2v) is 7.92. The summed E-state index contributed by atoms with van der Waals surface area (Å²) in [6.45, 7) is 8.23. The number of hydrogen-bond acceptors (Lipinski definition) is 4. The van der Waals surface area contributed by atoms with Crippen molar-refractivity contribution in [2.24, 2.45) is 0 Å². The van der Waals surface area contributed by atoms with E-state index in [4.69, 9.17) is 9.84 Å². The predicted octanol–water partition coefficient (Wildman–Crippen LogP) is 5.72. The number of aliphatic hydroxyl groups excluding tert-OH is 1. The van der Waals surface area contributed by atoms with E-state index in [1.165, 1.54) is 51.4 Å². The van der Waals surface area contributed by atoms with Crippen LogP contribution in [0.25, 0.3) is 0 Å². The second-order valence-electron chi connectivity index (χ2n) is 7.92. The molecule has 0 spiro atoms. The van der Waals surface area contributed by atoms with Crippen molar-refractivity contribution in [3.05, 3.63) is 0 Å². The summed E-state index contributed by atoms with van der Waals surface area (Å²) in [5, 5.41) is 9.11. The molecule has 0 aromatic heterocycles. The molecule has 0 aliphatic heterocycles. The van der Waals surface area contributed by atoms with Crippen molar-refractivity contribution in [1.82, 2.24) is 4.90 Å². The van der Waals surface area contributed by atoms with Crippen LogP contribution in [0.3, 0.4) is 0 Å². The molecule has 0 rings (SSSR count). The fourth-order valence-electron chi connectivity index (χ4n) is 3.21. The van der Waals surface area contributed by atoms with Gasteiger partial charge in [0.25, 0.3) is 0 Å². The lowest BCUT2D eigenvalue weighted by Crippen LogP contribution is -2.28. The van der Waals surface area contributed by atoms with Crippen LogP contribution in [0, 0.1) is 11.8 Å². The Morgan fingerprint density at radius 1 is 0.759 bits per heavy atom. The molecule has 0 heterocycles. The van der Waals surface area contributed by atoms with Crippen LogP contribution >= 0.6 is 0 Å². The second kappa shape index (κ2) is 23.2. The van der Waals surface area contributed by atoms with Crippen molar-refractivity contribution in [3.8, 4) is 11.8 Å². The topological polar surface area (TPSA) is 49.8 Å². The third-order valence-corrected chi connectivity index (χ3v) is 5.06. The number of carbonyl (C=O) groups excluding carboxylic acids is 1. The Hall–Kier alpha value is -1.05. The number of nitrogens with zero attached hydrogens (tertiary/aromatic N) is 1. The smallest absolute Gasteiger partial charge is 0.305 e. The molecular weight excluding hydrogens is 362 g/mol. The van der Waals surface area contributed by atoms with Gasteiger partial charge in [-0.2, -0.15) is 0 Å². The molecule has 0 unspecified atom stereocenters. The van der Waals surface area contributed by atoms with Gasteiger partial charge in [-0.05, 0) is 51.6 Å². The number of carbonyl (C=O) groups is 1. The minimum absolute atomic E-state index is 0.0817. The minimum atomic E-state index is -0.0817. The van der Waals surface area contributed by atoms with Gasteiger partial charge in [-0.3, -0.25) is 4.79 Å². The maximum absolute atomic E-state index is 11.8. The van der Waals surface area contributed by atoms with E-state index in [1.807, 2.05) is 0 Å². The molecule has 0 bridgehead atoms. The van der Waals surface area contributed by atoms with E-state index >= 15 is 0 Å². The quantitative estimate of drug-likeness (QED) is 0.159. The molecule has 4 heteroatoms.